The Morgan fingerprint density at radius 1 is 0.806 bits per heavy atom. The number of ether oxygens (including phenoxy) is 2. The second-order valence-corrected chi connectivity index (χ2v) is 8.69. The number of rotatable bonds is 7. The zero-order valence-corrected chi connectivity index (χ0v) is 18.5. The number of sulfonamides is 1. The quantitative estimate of drug-likeness (QED) is 0.569. The lowest BCUT2D eigenvalue weighted by Gasteiger charge is -2.13. The van der Waals surface area contributed by atoms with Crippen molar-refractivity contribution >= 4 is 27.3 Å². The summed E-state index contributed by atoms with van der Waals surface area (Å²) in [5.41, 5.74) is 2.81. The van der Waals surface area contributed by atoms with Gasteiger partial charge in [-0.05, 0) is 43.7 Å². The van der Waals surface area contributed by atoms with Crippen LogP contribution in [-0.4, -0.2) is 28.5 Å². The highest BCUT2D eigenvalue weighted by molar-refractivity contribution is 7.92. The van der Waals surface area contributed by atoms with Crippen molar-refractivity contribution in [2.24, 2.45) is 0 Å². The van der Waals surface area contributed by atoms with Gasteiger partial charge in [-0.15, -0.1) is 0 Å². The van der Waals surface area contributed by atoms with Crippen LogP contribution in [0.1, 0.15) is 21.5 Å². The van der Waals surface area contributed by atoms with E-state index in [-0.39, 0.29) is 10.5 Å². The van der Waals surface area contributed by atoms with E-state index in [1.165, 1.54) is 26.4 Å². The Hall–Kier alpha value is -3.52. The van der Waals surface area contributed by atoms with E-state index >= 15 is 0 Å². The molecule has 0 saturated carbocycles. The number of carbonyl (C=O) groups excluding carboxylic acids is 1. The van der Waals surface area contributed by atoms with Gasteiger partial charge in [0.2, 0.25) is 0 Å². The molecule has 0 aliphatic rings. The first kappa shape index (κ1) is 22.2. The third-order valence-electron chi connectivity index (χ3n) is 4.68. The molecule has 3 aromatic rings. The third-order valence-corrected chi connectivity index (χ3v) is 6.06. The number of carbonyl (C=O) groups is 1. The van der Waals surface area contributed by atoms with Gasteiger partial charge in [-0.1, -0.05) is 23.8 Å². The zero-order valence-electron chi connectivity index (χ0n) is 17.7. The number of amides is 1. The summed E-state index contributed by atoms with van der Waals surface area (Å²) in [6, 6.07) is 16.4. The molecule has 0 fully saturated rings. The molecule has 0 saturated heterocycles. The number of hydrogen-bond acceptors (Lipinski definition) is 5. The molecule has 31 heavy (non-hydrogen) atoms. The molecule has 0 aliphatic carbocycles. The van der Waals surface area contributed by atoms with Crippen molar-refractivity contribution in [1.29, 1.82) is 0 Å². The fourth-order valence-corrected chi connectivity index (χ4v) is 4.01. The maximum Gasteiger partial charge on any atom is 0.261 e. The summed E-state index contributed by atoms with van der Waals surface area (Å²) >= 11 is 0. The third kappa shape index (κ3) is 5.35. The lowest BCUT2D eigenvalue weighted by Crippen LogP contribution is -2.17. The molecule has 0 aromatic heterocycles. The van der Waals surface area contributed by atoms with Crippen molar-refractivity contribution in [2.45, 2.75) is 18.7 Å². The van der Waals surface area contributed by atoms with Gasteiger partial charge in [0.15, 0.2) is 0 Å². The number of hydrogen-bond donors (Lipinski definition) is 2. The lowest BCUT2D eigenvalue weighted by molar-refractivity contribution is 0.102. The molecule has 0 radical (unpaired) electrons. The number of nitrogens with one attached hydrogen (secondary N) is 2. The SMILES string of the molecule is COc1cc(NC(=O)c2cc(S(=O)(=O)Nc3ccc(C)cc3)ccc2C)cc(OC)c1. The Kier molecular flexibility index (Phi) is 6.50. The molecule has 0 unspecified atom stereocenters. The molecule has 7 nitrogen and oxygen atoms in total. The summed E-state index contributed by atoms with van der Waals surface area (Å²) in [6.45, 7) is 3.66. The number of aryl methyl sites for hydroxylation is 2. The average Bonchev–Trinajstić information content (AvgIpc) is 2.74. The van der Waals surface area contributed by atoms with E-state index in [1.54, 1.807) is 43.3 Å². The van der Waals surface area contributed by atoms with Crippen molar-refractivity contribution < 1.29 is 22.7 Å². The molecular formula is C23H24N2O5S. The van der Waals surface area contributed by atoms with Gasteiger partial charge < -0.3 is 14.8 Å². The Morgan fingerprint density at radius 3 is 2.00 bits per heavy atom. The minimum absolute atomic E-state index is 0.00736. The minimum Gasteiger partial charge on any atom is -0.497 e. The molecule has 3 rings (SSSR count). The van der Waals surface area contributed by atoms with Gasteiger partial charge in [0.25, 0.3) is 15.9 Å². The molecule has 0 spiro atoms. The number of anilines is 2. The highest BCUT2D eigenvalue weighted by Gasteiger charge is 2.19. The van der Waals surface area contributed by atoms with Crippen LogP contribution < -0.4 is 19.5 Å². The summed E-state index contributed by atoms with van der Waals surface area (Å²) in [6.07, 6.45) is 0. The Bertz CT molecular complexity index is 1180. The van der Waals surface area contributed by atoms with Crippen LogP contribution in [-0.2, 0) is 10.0 Å². The van der Waals surface area contributed by atoms with Crippen LogP contribution in [0.5, 0.6) is 11.5 Å². The predicted molar refractivity (Wildman–Crippen MR) is 121 cm³/mol. The summed E-state index contributed by atoms with van der Waals surface area (Å²) < 4.78 is 38.6. The molecule has 8 heteroatoms. The smallest absolute Gasteiger partial charge is 0.261 e. The lowest BCUT2D eigenvalue weighted by atomic mass is 10.1. The van der Waals surface area contributed by atoms with E-state index in [0.29, 0.717) is 28.4 Å². The summed E-state index contributed by atoms with van der Waals surface area (Å²) in [5, 5.41) is 2.77. The monoisotopic (exact) mass is 440 g/mol. The van der Waals surface area contributed by atoms with Gasteiger partial charge in [-0.25, -0.2) is 8.42 Å². The number of methoxy groups -OCH3 is 2. The van der Waals surface area contributed by atoms with Gasteiger partial charge >= 0.3 is 0 Å². The van der Waals surface area contributed by atoms with E-state index in [4.69, 9.17) is 9.47 Å². The normalized spacial score (nSPS) is 11.0. The van der Waals surface area contributed by atoms with Crippen molar-refractivity contribution in [3.8, 4) is 11.5 Å². The van der Waals surface area contributed by atoms with Crippen LogP contribution >= 0.6 is 0 Å². The highest BCUT2D eigenvalue weighted by atomic mass is 32.2. The van der Waals surface area contributed by atoms with Gasteiger partial charge in [0.1, 0.15) is 11.5 Å². The first-order valence-electron chi connectivity index (χ1n) is 9.46. The first-order chi connectivity index (χ1) is 14.7. The van der Waals surface area contributed by atoms with Crippen LogP contribution in [0.15, 0.2) is 65.6 Å². The summed E-state index contributed by atoms with van der Waals surface area (Å²) in [4.78, 5) is 12.9. The van der Waals surface area contributed by atoms with Crippen LogP contribution in [0.3, 0.4) is 0 Å². The maximum absolute atomic E-state index is 12.9. The van der Waals surface area contributed by atoms with E-state index in [1.807, 2.05) is 19.1 Å². The first-order valence-corrected chi connectivity index (χ1v) is 10.9. The summed E-state index contributed by atoms with van der Waals surface area (Å²) in [7, 11) is -0.836. The topological polar surface area (TPSA) is 93.7 Å². The maximum atomic E-state index is 12.9. The molecule has 1 amide bonds. The Balaban J connectivity index is 1.88. The molecule has 162 valence electrons. The number of benzene rings is 3. The van der Waals surface area contributed by atoms with Crippen LogP contribution in [0, 0.1) is 13.8 Å². The average molecular weight is 441 g/mol. The van der Waals surface area contributed by atoms with E-state index in [0.717, 1.165) is 5.56 Å². The molecular weight excluding hydrogens is 416 g/mol. The van der Waals surface area contributed by atoms with E-state index in [9.17, 15) is 13.2 Å². The van der Waals surface area contributed by atoms with Gasteiger partial charge in [0.05, 0.1) is 19.1 Å². The van der Waals surface area contributed by atoms with Crippen molar-refractivity contribution in [1.82, 2.24) is 0 Å². The highest BCUT2D eigenvalue weighted by Crippen LogP contribution is 2.27. The second kappa shape index (κ2) is 9.09. The van der Waals surface area contributed by atoms with Crippen LogP contribution in [0.25, 0.3) is 0 Å². The largest absolute Gasteiger partial charge is 0.497 e. The fraction of sp³-hybridized carbons (Fsp3) is 0.174. The minimum atomic E-state index is -3.86. The molecule has 0 aliphatic heterocycles. The fourth-order valence-electron chi connectivity index (χ4n) is 2.93. The Labute approximate surface area is 182 Å². The van der Waals surface area contributed by atoms with Crippen LogP contribution in [0.4, 0.5) is 11.4 Å². The Morgan fingerprint density at radius 2 is 1.42 bits per heavy atom. The molecule has 0 heterocycles. The van der Waals surface area contributed by atoms with Crippen LogP contribution in [0.2, 0.25) is 0 Å². The zero-order chi connectivity index (χ0) is 22.6. The van der Waals surface area contributed by atoms with Gasteiger partial charge in [-0.3, -0.25) is 9.52 Å². The van der Waals surface area contributed by atoms with Gasteiger partial charge in [-0.2, -0.15) is 0 Å². The molecule has 3 aromatic carbocycles. The molecule has 0 atom stereocenters. The van der Waals surface area contributed by atoms with E-state index < -0.39 is 15.9 Å². The summed E-state index contributed by atoms with van der Waals surface area (Å²) in [5.74, 6) is 0.593. The second-order valence-electron chi connectivity index (χ2n) is 7.00. The molecule has 2 N–H and O–H groups in total. The van der Waals surface area contributed by atoms with Gasteiger partial charge in [0, 0.05) is 35.1 Å². The van der Waals surface area contributed by atoms with Crippen molar-refractivity contribution in [3.63, 3.8) is 0 Å². The van der Waals surface area contributed by atoms with Crippen molar-refractivity contribution in [3.05, 3.63) is 77.4 Å². The standard InChI is InChI=1S/C23H24N2O5S/c1-15-5-8-17(9-6-15)25-31(27,28)21-10-7-16(2)22(14-21)23(26)24-18-11-19(29-3)13-20(12-18)30-4/h5-14,25H,1-4H3,(H,24,26). The predicted octanol–water partition coefficient (Wildman–Crippen LogP) is 4.37. The van der Waals surface area contributed by atoms with Crippen molar-refractivity contribution in [2.75, 3.05) is 24.3 Å². The molecule has 0 bridgehead atoms. The van der Waals surface area contributed by atoms with E-state index in [2.05, 4.69) is 10.0 Å².